The zero-order chi connectivity index (χ0) is 7.98. The molecule has 0 spiro atoms. The van der Waals surface area contributed by atoms with Crippen molar-refractivity contribution in [2.24, 2.45) is 0 Å². The molecule has 0 saturated heterocycles. The van der Waals surface area contributed by atoms with Gasteiger partial charge in [0.1, 0.15) is 0 Å². The number of hydrogen-bond donors (Lipinski definition) is 1. The minimum Gasteiger partial charge on any atom is -0.326 e. The van der Waals surface area contributed by atoms with E-state index >= 15 is 0 Å². The van der Waals surface area contributed by atoms with Crippen LogP contribution in [0.15, 0.2) is 0 Å². The predicted octanol–water partition coefficient (Wildman–Crippen LogP) is 1.96. The average Bonchev–Trinajstić information content (AvgIpc) is 1.86. The van der Waals surface area contributed by atoms with Crippen molar-refractivity contribution in [3.05, 3.63) is 0 Å². The first-order valence-electron chi connectivity index (χ1n) is 3.60. The van der Waals surface area contributed by atoms with Gasteiger partial charge >= 0.3 is 8.25 Å². The highest BCUT2D eigenvalue weighted by molar-refractivity contribution is 7.32. The van der Waals surface area contributed by atoms with Crippen LogP contribution in [0.2, 0.25) is 0 Å². The quantitative estimate of drug-likeness (QED) is 0.635. The zero-order valence-corrected chi connectivity index (χ0v) is 7.46. The Morgan fingerprint density at radius 2 is 2.20 bits per heavy atom. The molecule has 1 N–H and O–H groups in total. The molecule has 0 aliphatic heterocycles. The maximum Gasteiger partial charge on any atom is 0.316 e. The third-order valence-corrected chi connectivity index (χ3v) is 1.87. The van der Waals surface area contributed by atoms with Crippen molar-refractivity contribution >= 4 is 8.25 Å². The van der Waals surface area contributed by atoms with Gasteiger partial charge in [0, 0.05) is 0 Å². The summed E-state index contributed by atoms with van der Waals surface area (Å²) in [7, 11) is -2.72. The lowest BCUT2D eigenvalue weighted by molar-refractivity contribution is 0.174. The van der Waals surface area contributed by atoms with Gasteiger partial charge in [-0.2, -0.15) is 0 Å². The van der Waals surface area contributed by atoms with Crippen molar-refractivity contribution in [3.8, 4) is 0 Å². The van der Waals surface area contributed by atoms with E-state index in [2.05, 4.69) is 0 Å². The number of hydrogen-bond acceptors (Lipinski definition) is 2. The Morgan fingerprint density at radius 1 is 1.60 bits per heavy atom. The van der Waals surface area contributed by atoms with Crippen LogP contribution in [0.4, 0.5) is 0 Å². The van der Waals surface area contributed by atoms with E-state index < -0.39 is 8.25 Å². The second-order valence-corrected chi connectivity index (χ2v) is 2.97. The fourth-order valence-corrected chi connectivity index (χ4v) is 1.38. The van der Waals surface area contributed by atoms with Gasteiger partial charge in [0.05, 0.1) is 6.10 Å². The van der Waals surface area contributed by atoms with Gasteiger partial charge in [-0.25, -0.2) is 0 Å². The molecule has 0 aromatic rings. The van der Waals surface area contributed by atoms with Crippen LogP contribution in [0.1, 0.15) is 33.1 Å². The van der Waals surface area contributed by atoms with Crippen molar-refractivity contribution in [1.82, 2.24) is 0 Å². The van der Waals surface area contributed by atoms with E-state index in [0.717, 1.165) is 19.3 Å². The predicted molar refractivity (Wildman–Crippen MR) is 41.3 cm³/mol. The van der Waals surface area contributed by atoms with E-state index in [9.17, 15) is 4.57 Å². The Bertz CT molecular complexity index is 105. The minimum atomic E-state index is -2.72. The fourth-order valence-electron chi connectivity index (χ4n) is 0.811. The summed E-state index contributed by atoms with van der Waals surface area (Å²) in [6, 6.07) is 0. The maximum atomic E-state index is 10.2. The molecular formula is C6H15O3P. The largest absolute Gasteiger partial charge is 0.326 e. The normalized spacial score (nSPS) is 16.7. The lowest BCUT2D eigenvalue weighted by atomic mass is 10.2. The Hall–Kier alpha value is 0.150. The van der Waals surface area contributed by atoms with E-state index in [1.165, 1.54) is 0 Å². The molecule has 0 fully saturated rings. The van der Waals surface area contributed by atoms with E-state index in [4.69, 9.17) is 9.42 Å². The number of rotatable bonds is 5. The van der Waals surface area contributed by atoms with Crippen molar-refractivity contribution in [1.29, 1.82) is 0 Å². The SMILES string of the molecule is CCCC(CC)O[PH](=O)O. The first kappa shape index (κ1) is 10.2. The van der Waals surface area contributed by atoms with Crippen LogP contribution in [0.25, 0.3) is 0 Å². The molecule has 0 aliphatic carbocycles. The van der Waals surface area contributed by atoms with Crippen LogP contribution in [-0.4, -0.2) is 11.0 Å². The monoisotopic (exact) mass is 166 g/mol. The van der Waals surface area contributed by atoms with Crippen LogP contribution < -0.4 is 0 Å². The molecule has 0 heterocycles. The molecule has 2 atom stereocenters. The molecule has 0 bridgehead atoms. The minimum absolute atomic E-state index is 0.0265. The van der Waals surface area contributed by atoms with Crippen LogP contribution in [0.3, 0.4) is 0 Å². The summed E-state index contributed by atoms with van der Waals surface area (Å²) in [5.41, 5.74) is 0. The van der Waals surface area contributed by atoms with Crippen LogP contribution in [0.5, 0.6) is 0 Å². The van der Waals surface area contributed by atoms with Crippen molar-refractivity contribution in [3.63, 3.8) is 0 Å². The summed E-state index contributed by atoms with van der Waals surface area (Å²) >= 11 is 0. The first-order valence-corrected chi connectivity index (χ1v) is 4.86. The topological polar surface area (TPSA) is 46.5 Å². The lowest BCUT2D eigenvalue weighted by Crippen LogP contribution is -2.05. The van der Waals surface area contributed by atoms with E-state index in [1.807, 2.05) is 13.8 Å². The molecule has 10 heavy (non-hydrogen) atoms. The summed E-state index contributed by atoms with van der Waals surface area (Å²) in [4.78, 5) is 8.40. The Morgan fingerprint density at radius 3 is 2.50 bits per heavy atom. The van der Waals surface area contributed by atoms with Gasteiger partial charge < -0.3 is 9.42 Å². The van der Waals surface area contributed by atoms with Gasteiger partial charge in [0.15, 0.2) is 0 Å². The molecule has 4 heteroatoms. The van der Waals surface area contributed by atoms with Crippen molar-refractivity contribution in [2.45, 2.75) is 39.2 Å². The molecule has 62 valence electrons. The van der Waals surface area contributed by atoms with E-state index in [-0.39, 0.29) is 6.10 Å². The van der Waals surface area contributed by atoms with Gasteiger partial charge in [-0.05, 0) is 12.8 Å². The summed E-state index contributed by atoms with van der Waals surface area (Å²) in [6.45, 7) is 3.98. The van der Waals surface area contributed by atoms with Gasteiger partial charge in [-0.1, -0.05) is 20.3 Å². The highest BCUT2D eigenvalue weighted by Crippen LogP contribution is 2.22. The summed E-state index contributed by atoms with van der Waals surface area (Å²) < 4.78 is 14.9. The Kier molecular flexibility index (Phi) is 5.99. The average molecular weight is 166 g/mol. The second-order valence-electron chi connectivity index (χ2n) is 2.20. The van der Waals surface area contributed by atoms with Gasteiger partial charge in [-0.15, -0.1) is 0 Å². The van der Waals surface area contributed by atoms with Crippen molar-refractivity contribution in [2.75, 3.05) is 0 Å². The molecular weight excluding hydrogens is 151 g/mol. The molecule has 0 amide bonds. The fraction of sp³-hybridized carbons (Fsp3) is 1.00. The van der Waals surface area contributed by atoms with Gasteiger partial charge in [0.25, 0.3) is 0 Å². The molecule has 0 aromatic heterocycles. The highest BCUT2D eigenvalue weighted by atomic mass is 31.1. The summed E-state index contributed by atoms with van der Waals surface area (Å²) in [5.74, 6) is 0. The zero-order valence-electron chi connectivity index (χ0n) is 6.46. The first-order chi connectivity index (χ1) is 4.70. The smallest absolute Gasteiger partial charge is 0.316 e. The molecule has 3 nitrogen and oxygen atoms in total. The van der Waals surface area contributed by atoms with Crippen LogP contribution in [-0.2, 0) is 9.09 Å². The van der Waals surface area contributed by atoms with Gasteiger partial charge in [-0.3, -0.25) is 4.57 Å². The Balaban J connectivity index is 3.49. The molecule has 0 saturated carbocycles. The summed E-state index contributed by atoms with van der Waals surface area (Å²) in [5, 5.41) is 0. The van der Waals surface area contributed by atoms with E-state index in [0.29, 0.717) is 0 Å². The third-order valence-electron chi connectivity index (χ3n) is 1.33. The lowest BCUT2D eigenvalue weighted by Gasteiger charge is -2.11. The van der Waals surface area contributed by atoms with Gasteiger partial charge in [0.2, 0.25) is 0 Å². The van der Waals surface area contributed by atoms with E-state index in [1.54, 1.807) is 0 Å². The molecule has 0 aliphatic rings. The van der Waals surface area contributed by atoms with Crippen LogP contribution in [0, 0.1) is 0 Å². The standard InChI is InChI=1S/C6H15O3P/c1-3-5-6(4-2)9-10(7)8/h6,10H,3-5H2,1-2H3,(H,7,8). The summed E-state index contributed by atoms with van der Waals surface area (Å²) in [6.07, 6.45) is 2.65. The third kappa shape index (κ3) is 4.98. The van der Waals surface area contributed by atoms with Crippen LogP contribution >= 0.6 is 8.25 Å². The van der Waals surface area contributed by atoms with Crippen molar-refractivity contribution < 1.29 is 14.0 Å². The molecule has 2 unspecified atom stereocenters. The molecule has 0 radical (unpaired) electrons. The molecule has 0 aromatic carbocycles. The highest BCUT2D eigenvalue weighted by Gasteiger charge is 2.06. The maximum absolute atomic E-state index is 10.2. The Labute approximate surface area is 62.3 Å². The molecule has 0 rings (SSSR count). The second kappa shape index (κ2) is 5.90.